The third-order valence-electron chi connectivity index (χ3n) is 4.14. The molecule has 2 aromatic carbocycles. The van der Waals surface area contributed by atoms with Gasteiger partial charge < -0.3 is 15.0 Å². The second kappa shape index (κ2) is 6.36. The molecule has 0 saturated heterocycles. The van der Waals surface area contributed by atoms with Crippen molar-refractivity contribution >= 4 is 24.2 Å². The molecule has 0 aliphatic carbocycles. The normalized spacial score (nSPS) is 13.0. The van der Waals surface area contributed by atoms with Gasteiger partial charge in [0, 0.05) is 18.3 Å². The van der Waals surface area contributed by atoms with Crippen molar-refractivity contribution in [3.8, 4) is 11.4 Å². The van der Waals surface area contributed by atoms with Crippen molar-refractivity contribution in [2.45, 2.75) is 6.61 Å². The van der Waals surface area contributed by atoms with E-state index in [1.165, 1.54) is 16.8 Å². The zero-order valence-corrected chi connectivity index (χ0v) is 13.8. The third-order valence-corrected chi connectivity index (χ3v) is 4.14. The van der Waals surface area contributed by atoms with Gasteiger partial charge in [0.2, 0.25) is 5.82 Å². The molecule has 0 fully saturated rings. The number of benzene rings is 2. The first-order chi connectivity index (χ1) is 12.5. The van der Waals surface area contributed by atoms with Gasteiger partial charge in [0.1, 0.15) is 5.82 Å². The summed E-state index contributed by atoms with van der Waals surface area (Å²) in [5, 5.41) is 16.6. The maximum absolute atomic E-state index is 13.1. The highest BCUT2D eigenvalue weighted by Crippen LogP contribution is 2.18. The molecule has 2 heterocycles. The van der Waals surface area contributed by atoms with Crippen molar-refractivity contribution in [3.63, 3.8) is 0 Å². The number of amides is 1. The molecule has 130 valence electrons. The average molecular weight is 352 g/mol. The van der Waals surface area contributed by atoms with Crippen molar-refractivity contribution in [1.82, 2.24) is 14.8 Å². The molecule has 1 aliphatic heterocycles. The van der Waals surface area contributed by atoms with Crippen molar-refractivity contribution < 1.29 is 18.9 Å². The molecule has 0 bridgehead atoms. The van der Waals surface area contributed by atoms with E-state index >= 15 is 0 Å². The predicted molar refractivity (Wildman–Crippen MR) is 93.2 cm³/mol. The highest BCUT2D eigenvalue weighted by molar-refractivity contribution is 6.61. The molecule has 26 heavy (non-hydrogen) atoms. The minimum absolute atomic E-state index is 0.0101. The molecule has 9 heteroatoms. The Morgan fingerprint density at radius 3 is 2.85 bits per heavy atom. The lowest BCUT2D eigenvalue weighted by Gasteiger charge is -2.05. The van der Waals surface area contributed by atoms with E-state index in [0.29, 0.717) is 29.1 Å². The number of fused-ring (bicyclic) bond motifs is 1. The second-order valence-electron chi connectivity index (χ2n) is 5.92. The molecule has 7 nitrogen and oxygen atoms in total. The van der Waals surface area contributed by atoms with Gasteiger partial charge in [-0.3, -0.25) is 4.79 Å². The van der Waals surface area contributed by atoms with Crippen LogP contribution in [0.25, 0.3) is 11.4 Å². The molecule has 1 amide bonds. The van der Waals surface area contributed by atoms with Gasteiger partial charge in [0.15, 0.2) is 5.82 Å². The van der Waals surface area contributed by atoms with E-state index in [1.807, 2.05) is 0 Å². The maximum Gasteiger partial charge on any atom is 0.491 e. The van der Waals surface area contributed by atoms with Gasteiger partial charge >= 0.3 is 7.12 Å². The third kappa shape index (κ3) is 2.98. The van der Waals surface area contributed by atoms with Gasteiger partial charge in [0.25, 0.3) is 5.91 Å². The molecule has 0 radical (unpaired) electrons. The smallest absolute Gasteiger partial charge is 0.423 e. The summed E-state index contributed by atoms with van der Waals surface area (Å²) in [6, 6.07) is 11.0. The summed E-state index contributed by atoms with van der Waals surface area (Å²) in [4.78, 5) is 16.7. The summed E-state index contributed by atoms with van der Waals surface area (Å²) in [5.74, 6) is -0.393. The van der Waals surface area contributed by atoms with Crippen LogP contribution in [0.2, 0.25) is 0 Å². The summed E-state index contributed by atoms with van der Waals surface area (Å²) in [5.41, 5.74) is 2.67. The zero-order chi connectivity index (χ0) is 18.3. The lowest BCUT2D eigenvalue weighted by atomic mass is 9.79. The molecule has 4 rings (SSSR count). The van der Waals surface area contributed by atoms with Gasteiger partial charge in [0.05, 0.1) is 6.61 Å². The molecule has 1 aliphatic rings. The van der Waals surface area contributed by atoms with Gasteiger partial charge in [-0.25, -0.2) is 14.1 Å². The fraction of sp³-hybridized carbons (Fsp3) is 0.118. The van der Waals surface area contributed by atoms with Crippen LogP contribution < -0.4 is 10.8 Å². The fourth-order valence-corrected chi connectivity index (χ4v) is 2.81. The van der Waals surface area contributed by atoms with Crippen LogP contribution in [0.4, 0.5) is 10.1 Å². The molecule has 0 atom stereocenters. The number of aromatic nitrogens is 3. The maximum atomic E-state index is 13.1. The highest BCUT2D eigenvalue weighted by Gasteiger charge is 2.27. The number of hydrogen-bond acceptors (Lipinski definition) is 5. The quantitative estimate of drug-likeness (QED) is 0.689. The molecule has 1 aromatic heterocycles. The Balaban J connectivity index is 1.57. The number of halogens is 1. The van der Waals surface area contributed by atoms with E-state index in [1.54, 1.807) is 37.4 Å². The predicted octanol–water partition coefficient (Wildman–Crippen LogP) is 1.09. The summed E-state index contributed by atoms with van der Waals surface area (Å²) in [6.45, 7) is 0.341. The number of rotatable bonds is 3. The van der Waals surface area contributed by atoms with Crippen molar-refractivity contribution in [1.29, 1.82) is 0 Å². The number of nitrogens with one attached hydrogen (secondary N) is 1. The summed E-state index contributed by atoms with van der Waals surface area (Å²) >= 11 is 0. The van der Waals surface area contributed by atoms with Gasteiger partial charge in [-0.05, 0) is 47.4 Å². The molecule has 2 N–H and O–H groups in total. The number of hydrogen-bond donors (Lipinski definition) is 2. The number of carbonyl (C=O) groups excluding carboxylic acids is 1. The highest BCUT2D eigenvalue weighted by atomic mass is 19.1. The van der Waals surface area contributed by atoms with E-state index in [9.17, 15) is 14.2 Å². The van der Waals surface area contributed by atoms with Crippen LogP contribution in [0, 0.1) is 5.82 Å². The van der Waals surface area contributed by atoms with Gasteiger partial charge in [-0.1, -0.05) is 6.07 Å². The van der Waals surface area contributed by atoms with Gasteiger partial charge in [-0.2, -0.15) is 0 Å². The minimum Gasteiger partial charge on any atom is -0.423 e. The monoisotopic (exact) mass is 352 g/mol. The molecule has 0 saturated carbocycles. The molecule has 3 aromatic rings. The standard InChI is InChI=1S/C17H14BFN4O3/c1-23-16(10-2-5-12(19)6-3-10)21-15(22-23)17(24)20-13-7-4-11-9-26-18(25)14(11)8-13/h2-8,25H,9H2,1H3,(H,20,24). The van der Waals surface area contributed by atoms with Crippen LogP contribution >= 0.6 is 0 Å². The Labute approximate surface area is 148 Å². The van der Waals surface area contributed by atoms with Crippen molar-refractivity contribution in [2.24, 2.45) is 7.05 Å². The molecule has 0 unspecified atom stereocenters. The Morgan fingerprint density at radius 2 is 2.08 bits per heavy atom. The van der Waals surface area contributed by atoms with E-state index in [-0.39, 0.29) is 11.6 Å². The van der Waals surface area contributed by atoms with E-state index in [4.69, 9.17) is 4.65 Å². The first-order valence-electron chi connectivity index (χ1n) is 7.92. The lowest BCUT2D eigenvalue weighted by molar-refractivity contribution is 0.101. The summed E-state index contributed by atoms with van der Waals surface area (Å²) in [7, 11) is 0.672. The van der Waals surface area contributed by atoms with Crippen molar-refractivity contribution in [3.05, 3.63) is 59.7 Å². The topological polar surface area (TPSA) is 89.3 Å². The fourth-order valence-electron chi connectivity index (χ4n) is 2.81. The Kier molecular flexibility index (Phi) is 4.02. The zero-order valence-electron chi connectivity index (χ0n) is 13.8. The van der Waals surface area contributed by atoms with Crippen LogP contribution in [-0.2, 0) is 18.3 Å². The second-order valence-corrected chi connectivity index (χ2v) is 5.92. The molecular weight excluding hydrogens is 338 g/mol. The molecular formula is C17H14BFN4O3. The number of nitrogens with zero attached hydrogens (tertiary/aromatic N) is 3. The number of aryl methyl sites for hydroxylation is 1. The van der Waals surface area contributed by atoms with Crippen LogP contribution in [0.3, 0.4) is 0 Å². The molecule has 0 spiro atoms. The average Bonchev–Trinajstić information content (AvgIpc) is 3.19. The first kappa shape index (κ1) is 16.4. The van der Waals surface area contributed by atoms with E-state index < -0.39 is 13.0 Å². The Hall–Kier alpha value is -3.04. The van der Waals surface area contributed by atoms with Crippen LogP contribution in [0.15, 0.2) is 42.5 Å². The largest absolute Gasteiger partial charge is 0.491 e. The van der Waals surface area contributed by atoms with Crippen molar-refractivity contribution in [2.75, 3.05) is 5.32 Å². The Bertz CT molecular complexity index is 990. The lowest BCUT2D eigenvalue weighted by Crippen LogP contribution is -2.28. The van der Waals surface area contributed by atoms with E-state index in [2.05, 4.69) is 15.4 Å². The van der Waals surface area contributed by atoms with Crippen LogP contribution in [0.5, 0.6) is 0 Å². The number of carbonyl (C=O) groups is 1. The minimum atomic E-state index is -0.986. The van der Waals surface area contributed by atoms with Crippen LogP contribution in [0.1, 0.15) is 16.2 Å². The first-order valence-corrected chi connectivity index (χ1v) is 7.92. The summed E-state index contributed by atoms with van der Waals surface area (Å²) in [6.07, 6.45) is 0. The van der Waals surface area contributed by atoms with Gasteiger partial charge in [-0.15, -0.1) is 5.10 Å². The summed E-state index contributed by atoms with van der Waals surface area (Å²) < 4.78 is 19.7. The van der Waals surface area contributed by atoms with E-state index in [0.717, 1.165) is 5.56 Å². The Morgan fingerprint density at radius 1 is 1.31 bits per heavy atom. The van der Waals surface area contributed by atoms with Crippen LogP contribution in [-0.4, -0.2) is 32.8 Å². The SMILES string of the molecule is Cn1nc(C(=O)Nc2ccc3c(c2)B(O)OC3)nc1-c1ccc(F)cc1. The number of anilines is 1.